The van der Waals surface area contributed by atoms with Crippen molar-refractivity contribution in [1.29, 1.82) is 0 Å². The summed E-state index contributed by atoms with van der Waals surface area (Å²) in [4.78, 5) is 15.7. The van der Waals surface area contributed by atoms with Gasteiger partial charge in [-0.25, -0.2) is 0 Å². The molecule has 0 radical (unpaired) electrons. The third-order valence-corrected chi connectivity index (χ3v) is 5.41. The molecule has 0 bridgehead atoms. The number of amides is 1. The van der Waals surface area contributed by atoms with Crippen molar-refractivity contribution in [1.82, 2.24) is 4.90 Å². The van der Waals surface area contributed by atoms with Crippen LogP contribution in [0.3, 0.4) is 0 Å². The molecule has 2 aromatic rings. The Bertz CT molecular complexity index is 651. The van der Waals surface area contributed by atoms with Gasteiger partial charge >= 0.3 is 0 Å². The highest BCUT2D eigenvalue weighted by atomic mass is 79.9. The third kappa shape index (κ3) is 3.27. The number of nitrogens with zero attached hydrogens (tertiary/aromatic N) is 1. The molecule has 1 aliphatic heterocycles. The number of thiophene rings is 1. The van der Waals surface area contributed by atoms with Gasteiger partial charge in [0.1, 0.15) is 0 Å². The quantitative estimate of drug-likeness (QED) is 0.712. The molecule has 0 N–H and O–H groups in total. The molecule has 1 aromatic heterocycles. The van der Waals surface area contributed by atoms with E-state index in [0.29, 0.717) is 0 Å². The Morgan fingerprint density at radius 2 is 2.14 bits per heavy atom. The Balaban J connectivity index is 1.74. The maximum Gasteiger partial charge on any atom is 0.247 e. The van der Waals surface area contributed by atoms with Crippen LogP contribution in [0, 0.1) is 0 Å². The van der Waals surface area contributed by atoms with Crippen molar-refractivity contribution in [3.05, 3.63) is 62.8 Å². The van der Waals surface area contributed by atoms with Crippen LogP contribution in [-0.4, -0.2) is 17.4 Å². The molecule has 0 saturated carbocycles. The second-order valence-electron chi connectivity index (χ2n) is 5.06. The Morgan fingerprint density at radius 3 is 2.90 bits per heavy atom. The van der Waals surface area contributed by atoms with Gasteiger partial charge in [0, 0.05) is 22.0 Å². The highest BCUT2D eigenvalue weighted by molar-refractivity contribution is 9.10. The molecule has 1 fully saturated rings. The molecule has 1 unspecified atom stereocenters. The minimum Gasteiger partial charge on any atom is -0.331 e. The summed E-state index contributed by atoms with van der Waals surface area (Å²) in [6.07, 6.45) is 5.72. The van der Waals surface area contributed by atoms with Crippen LogP contribution in [0.15, 0.2) is 52.3 Å². The van der Waals surface area contributed by atoms with E-state index in [2.05, 4.69) is 33.4 Å². The van der Waals surface area contributed by atoms with Gasteiger partial charge in [0.15, 0.2) is 0 Å². The number of rotatable bonds is 3. The van der Waals surface area contributed by atoms with Gasteiger partial charge in [0.2, 0.25) is 5.91 Å². The van der Waals surface area contributed by atoms with Crippen LogP contribution >= 0.6 is 27.3 Å². The predicted octanol–water partition coefficient (Wildman–Crippen LogP) is 4.89. The number of carbonyl (C=O) groups is 1. The minimum atomic E-state index is 0.0988. The van der Waals surface area contributed by atoms with Gasteiger partial charge in [-0.3, -0.25) is 4.79 Å². The molecule has 1 aromatic carbocycles. The van der Waals surface area contributed by atoms with Crippen LogP contribution in [-0.2, 0) is 4.79 Å². The first-order valence-corrected chi connectivity index (χ1v) is 8.69. The Morgan fingerprint density at radius 1 is 1.29 bits per heavy atom. The average molecular weight is 362 g/mol. The average Bonchev–Trinajstić information content (AvgIpc) is 3.16. The van der Waals surface area contributed by atoms with Crippen molar-refractivity contribution in [3.63, 3.8) is 0 Å². The van der Waals surface area contributed by atoms with Crippen molar-refractivity contribution in [2.75, 3.05) is 6.54 Å². The van der Waals surface area contributed by atoms with E-state index < -0.39 is 0 Å². The summed E-state index contributed by atoms with van der Waals surface area (Å²) in [6.45, 7) is 0.849. The Kier molecular flexibility index (Phi) is 4.56. The van der Waals surface area contributed by atoms with Crippen molar-refractivity contribution in [2.45, 2.75) is 18.9 Å². The molecule has 1 amide bonds. The summed E-state index contributed by atoms with van der Waals surface area (Å²) < 4.78 is 1.00. The summed E-state index contributed by atoms with van der Waals surface area (Å²) in [6, 6.07) is 12.3. The van der Waals surface area contributed by atoms with Crippen molar-refractivity contribution < 1.29 is 4.79 Å². The lowest BCUT2D eigenvalue weighted by molar-refractivity contribution is -0.126. The normalized spacial score (nSPS) is 18.5. The van der Waals surface area contributed by atoms with Gasteiger partial charge in [0.05, 0.1) is 6.04 Å². The standard InChI is InChI=1S/C17H16BrNOS/c18-14-6-2-1-5-13(14)9-10-17(20)19-11-3-7-15(19)16-8-4-12-21-16/h1-2,4-6,8-10,12,15H,3,7,11H2/b10-9+. The summed E-state index contributed by atoms with van der Waals surface area (Å²) in [7, 11) is 0. The number of likely N-dealkylation sites (tertiary alicyclic amines) is 1. The van der Waals surface area contributed by atoms with Gasteiger partial charge in [-0.2, -0.15) is 0 Å². The number of benzene rings is 1. The second-order valence-corrected chi connectivity index (χ2v) is 6.89. The minimum absolute atomic E-state index is 0.0988. The third-order valence-electron chi connectivity index (χ3n) is 3.72. The van der Waals surface area contributed by atoms with Crippen LogP contribution in [0.1, 0.15) is 29.3 Å². The molecule has 21 heavy (non-hydrogen) atoms. The monoisotopic (exact) mass is 361 g/mol. The highest BCUT2D eigenvalue weighted by Gasteiger charge is 2.29. The Hall–Kier alpha value is -1.39. The van der Waals surface area contributed by atoms with Crippen molar-refractivity contribution in [2.24, 2.45) is 0 Å². The zero-order chi connectivity index (χ0) is 14.7. The van der Waals surface area contributed by atoms with Crippen LogP contribution < -0.4 is 0 Å². The first-order valence-electron chi connectivity index (χ1n) is 7.02. The van der Waals surface area contributed by atoms with Crippen LogP contribution in [0.4, 0.5) is 0 Å². The fraction of sp³-hybridized carbons (Fsp3) is 0.235. The summed E-state index contributed by atoms with van der Waals surface area (Å²) in [5, 5.41) is 2.08. The van der Waals surface area contributed by atoms with E-state index in [1.807, 2.05) is 35.2 Å². The second kappa shape index (κ2) is 6.58. The molecule has 2 heterocycles. The number of hydrogen-bond acceptors (Lipinski definition) is 2. The van der Waals surface area contributed by atoms with E-state index in [-0.39, 0.29) is 11.9 Å². The molecule has 108 valence electrons. The van der Waals surface area contributed by atoms with E-state index in [4.69, 9.17) is 0 Å². The molecule has 3 rings (SSSR count). The maximum atomic E-state index is 12.5. The maximum absolute atomic E-state index is 12.5. The summed E-state index contributed by atoms with van der Waals surface area (Å²) in [5.41, 5.74) is 1.03. The number of carbonyl (C=O) groups excluding carboxylic acids is 1. The van der Waals surface area contributed by atoms with Gasteiger partial charge in [-0.15, -0.1) is 11.3 Å². The molecule has 0 spiro atoms. The molecule has 4 heteroatoms. The molecular weight excluding hydrogens is 346 g/mol. The fourth-order valence-corrected chi connectivity index (χ4v) is 3.96. The fourth-order valence-electron chi connectivity index (χ4n) is 2.67. The zero-order valence-electron chi connectivity index (χ0n) is 11.5. The predicted molar refractivity (Wildman–Crippen MR) is 91.2 cm³/mol. The van der Waals surface area contributed by atoms with Crippen LogP contribution in [0.2, 0.25) is 0 Å². The molecule has 2 nitrogen and oxygen atoms in total. The lowest BCUT2D eigenvalue weighted by Crippen LogP contribution is -2.28. The van der Waals surface area contributed by atoms with E-state index >= 15 is 0 Å². The first-order chi connectivity index (χ1) is 10.3. The number of hydrogen-bond donors (Lipinski definition) is 0. The Labute approximate surface area is 137 Å². The van der Waals surface area contributed by atoms with Crippen LogP contribution in [0.5, 0.6) is 0 Å². The molecular formula is C17H16BrNOS. The smallest absolute Gasteiger partial charge is 0.247 e. The highest BCUT2D eigenvalue weighted by Crippen LogP contribution is 2.34. The van der Waals surface area contributed by atoms with E-state index in [1.54, 1.807) is 17.4 Å². The van der Waals surface area contributed by atoms with Gasteiger partial charge in [0.25, 0.3) is 0 Å². The van der Waals surface area contributed by atoms with Gasteiger partial charge < -0.3 is 4.90 Å². The number of halogens is 1. The van der Waals surface area contributed by atoms with Crippen LogP contribution in [0.25, 0.3) is 6.08 Å². The van der Waals surface area contributed by atoms with Crippen molar-refractivity contribution in [3.8, 4) is 0 Å². The molecule has 1 atom stereocenters. The zero-order valence-corrected chi connectivity index (χ0v) is 13.9. The van der Waals surface area contributed by atoms with E-state index in [0.717, 1.165) is 29.4 Å². The van der Waals surface area contributed by atoms with E-state index in [1.165, 1.54) is 4.88 Å². The SMILES string of the molecule is O=C(/C=C/c1ccccc1Br)N1CCCC1c1cccs1. The molecule has 0 aliphatic carbocycles. The lowest BCUT2D eigenvalue weighted by atomic mass is 10.2. The molecule has 1 aliphatic rings. The van der Waals surface area contributed by atoms with E-state index in [9.17, 15) is 4.79 Å². The van der Waals surface area contributed by atoms with Crippen molar-refractivity contribution >= 4 is 39.2 Å². The largest absolute Gasteiger partial charge is 0.331 e. The summed E-state index contributed by atoms with van der Waals surface area (Å²) >= 11 is 5.23. The lowest BCUT2D eigenvalue weighted by Gasteiger charge is -2.22. The summed E-state index contributed by atoms with van der Waals surface area (Å²) in [5.74, 6) is 0.0988. The first kappa shape index (κ1) is 14.5. The molecule has 1 saturated heterocycles. The van der Waals surface area contributed by atoms with Gasteiger partial charge in [-0.05, 0) is 42.0 Å². The van der Waals surface area contributed by atoms with Gasteiger partial charge in [-0.1, -0.05) is 40.2 Å². The topological polar surface area (TPSA) is 20.3 Å².